The number of methoxy groups -OCH3 is 1. The first-order valence-corrected chi connectivity index (χ1v) is 12.6. The molecule has 5 rings (SSSR count). The van der Waals surface area contributed by atoms with Gasteiger partial charge in [-0.2, -0.15) is 5.26 Å². The molecule has 194 valence electrons. The van der Waals surface area contributed by atoms with E-state index < -0.39 is 0 Å². The standard InChI is InChI=1S/C29H31N7O2/c1-17-7-8-19(28(37)32-22-13-21(29(2,3)4)11-20(14-30)26(22)38-6)12-24(17)36-16-23(33-34-36)25-15-31-27(35(25)5)18-9-10-18/h7-8,11-13,15-16,18H,9-10H2,1-6H3,(H,32,37). The van der Waals surface area contributed by atoms with E-state index in [-0.39, 0.29) is 11.3 Å². The van der Waals surface area contributed by atoms with Crippen molar-refractivity contribution in [2.24, 2.45) is 7.05 Å². The number of carbonyl (C=O) groups is 1. The molecule has 0 unspecified atom stereocenters. The third-order valence-corrected chi connectivity index (χ3v) is 6.97. The van der Waals surface area contributed by atoms with Crippen molar-refractivity contribution in [2.75, 3.05) is 12.4 Å². The summed E-state index contributed by atoms with van der Waals surface area (Å²) >= 11 is 0. The number of nitrogens with one attached hydrogen (secondary N) is 1. The first-order chi connectivity index (χ1) is 18.1. The fourth-order valence-electron chi connectivity index (χ4n) is 4.53. The number of nitriles is 1. The summed E-state index contributed by atoms with van der Waals surface area (Å²) < 4.78 is 9.25. The summed E-state index contributed by atoms with van der Waals surface area (Å²) in [4.78, 5) is 18.0. The van der Waals surface area contributed by atoms with Crippen LogP contribution in [0, 0.1) is 18.3 Å². The predicted octanol–water partition coefficient (Wildman–Crippen LogP) is 5.28. The Morgan fingerprint density at radius 3 is 2.63 bits per heavy atom. The molecule has 4 aromatic rings. The zero-order valence-electron chi connectivity index (χ0n) is 22.5. The molecule has 2 heterocycles. The van der Waals surface area contributed by atoms with Crippen LogP contribution in [0.5, 0.6) is 5.75 Å². The molecule has 9 heteroatoms. The Hall–Kier alpha value is -4.45. The van der Waals surface area contributed by atoms with Gasteiger partial charge in [0.25, 0.3) is 5.91 Å². The molecule has 2 aromatic heterocycles. The third-order valence-electron chi connectivity index (χ3n) is 6.97. The highest BCUT2D eigenvalue weighted by molar-refractivity contribution is 6.05. The van der Waals surface area contributed by atoms with Crippen LogP contribution >= 0.6 is 0 Å². The fraction of sp³-hybridized carbons (Fsp3) is 0.345. The van der Waals surface area contributed by atoms with Crippen LogP contribution in [-0.4, -0.2) is 37.6 Å². The molecule has 0 spiro atoms. The topological polar surface area (TPSA) is 111 Å². The Balaban J connectivity index is 1.45. The van der Waals surface area contributed by atoms with Gasteiger partial charge in [-0.05, 0) is 60.6 Å². The molecule has 0 radical (unpaired) electrons. The van der Waals surface area contributed by atoms with Crippen LogP contribution in [0.3, 0.4) is 0 Å². The smallest absolute Gasteiger partial charge is 0.255 e. The van der Waals surface area contributed by atoms with Crippen LogP contribution in [0.15, 0.2) is 42.7 Å². The summed E-state index contributed by atoms with van der Waals surface area (Å²) in [6, 6.07) is 11.3. The van der Waals surface area contributed by atoms with Crippen molar-refractivity contribution in [1.82, 2.24) is 24.5 Å². The molecule has 0 saturated heterocycles. The van der Waals surface area contributed by atoms with Crippen LogP contribution < -0.4 is 10.1 Å². The van der Waals surface area contributed by atoms with E-state index in [0.717, 1.165) is 28.3 Å². The van der Waals surface area contributed by atoms with Gasteiger partial charge >= 0.3 is 0 Å². The largest absolute Gasteiger partial charge is 0.493 e. The number of hydrogen-bond acceptors (Lipinski definition) is 6. The second kappa shape index (κ2) is 9.45. The summed E-state index contributed by atoms with van der Waals surface area (Å²) in [5.41, 5.74) is 5.29. The number of ether oxygens (including phenoxy) is 1. The van der Waals surface area contributed by atoms with E-state index in [0.29, 0.717) is 34.2 Å². The third kappa shape index (κ3) is 4.65. The molecule has 1 aliphatic carbocycles. The van der Waals surface area contributed by atoms with E-state index >= 15 is 0 Å². The molecular weight excluding hydrogens is 478 g/mol. The number of aromatic nitrogens is 5. The maximum atomic E-state index is 13.4. The Kier molecular flexibility index (Phi) is 6.27. The number of nitrogens with zero attached hydrogens (tertiary/aromatic N) is 6. The zero-order valence-corrected chi connectivity index (χ0v) is 22.5. The van der Waals surface area contributed by atoms with Crippen LogP contribution in [-0.2, 0) is 12.5 Å². The zero-order chi connectivity index (χ0) is 27.2. The van der Waals surface area contributed by atoms with Gasteiger partial charge in [0.1, 0.15) is 17.6 Å². The number of amides is 1. The van der Waals surface area contributed by atoms with Crippen molar-refractivity contribution in [3.8, 4) is 28.9 Å². The van der Waals surface area contributed by atoms with Gasteiger partial charge in [0, 0.05) is 18.5 Å². The first-order valence-electron chi connectivity index (χ1n) is 12.6. The Labute approximate surface area is 222 Å². The van der Waals surface area contributed by atoms with Crippen LogP contribution in [0.2, 0.25) is 0 Å². The summed E-state index contributed by atoms with van der Waals surface area (Å²) in [5, 5.41) is 21.4. The van der Waals surface area contributed by atoms with E-state index in [1.54, 1.807) is 22.9 Å². The van der Waals surface area contributed by atoms with Crippen molar-refractivity contribution in [1.29, 1.82) is 5.26 Å². The monoisotopic (exact) mass is 509 g/mol. The minimum atomic E-state index is -0.319. The normalized spacial score (nSPS) is 13.3. The maximum absolute atomic E-state index is 13.4. The van der Waals surface area contributed by atoms with Crippen LogP contribution in [0.4, 0.5) is 5.69 Å². The molecule has 1 aliphatic rings. The molecule has 0 atom stereocenters. The minimum Gasteiger partial charge on any atom is -0.493 e. The molecule has 1 amide bonds. The number of anilines is 1. The van der Waals surface area contributed by atoms with Gasteiger partial charge in [0.05, 0.1) is 42.1 Å². The van der Waals surface area contributed by atoms with Gasteiger partial charge in [0.15, 0.2) is 5.75 Å². The predicted molar refractivity (Wildman–Crippen MR) is 145 cm³/mol. The summed E-state index contributed by atoms with van der Waals surface area (Å²) in [6.45, 7) is 8.12. The molecule has 38 heavy (non-hydrogen) atoms. The quantitative estimate of drug-likeness (QED) is 0.378. The minimum absolute atomic E-state index is 0.216. The molecular formula is C29H31N7O2. The molecule has 9 nitrogen and oxygen atoms in total. The van der Waals surface area contributed by atoms with Gasteiger partial charge < -0.3 is 14.6 Å². The Morgan fingerprint density at radius 1 is 1.21 bits per heavy atom. The SMILES string of the molecule is COc1c(C#N)cc(C(C)(C)C)cc1NC(=O)c1ccc(C)c(-n2cc(-c3cnc(C4CC4)n3C)nn2)c1. The Morgan fingerprint density at radius 2 is 1.97 bits per heavy atom. The highest BCUT2D eigenvalue weighted by Gasteiger charge is 2.29. The molecule has 1 N–H and O–H groups in total. The van der Waals surface area contributed by atoms with E-state index in [2.05, 4.69) is 52.0 Å². The van der Waals surface area contributed by atoms with Gasteiger partial charge in [-0.1, -0.05) is 32.1 Å². The van der Waals surface area contributed by atoms with E-state index in [1.165, 1.54) is 20.0 Å². The lowest BCUT2D eigenvalue weighted by atomic mass is 9.85. The lowest BCUT2D eigenvalue weighted by molar-refractivity contribution is 0.102. The average Bonchev–Trinajstić information content (AvgIpc) is 3.48. The van der Waals surface area contributed by atoms with Gasteiger partial charge in [-0.25, -0.2) is 9.67 Å². The number of benzene rings is 2. The summed E-state index contributed by atoms with van der Waals surface area (Å²) in [6.07, 6.45) is 6.05. The number of aryl methyl sites for hydroxylation is 1. The van der Waals surface area contributed by atoms with E-state index in [1.807, 2.05) is 38.5 Å². The van der Waals surface area contributed by atoms with E-state index in [4.69, 9.17) is 4.74 Å². The summed E-state index contributed by atoms with van der Waals surface area (Å²) in [5.74, 6) is 1.63. The Bertz CT molecular complexity index is 1580. The lowest BCUT2D eigenvalue weighted by Gasteiger charge is -2.22. The second-order valence-electron chi connectivity index (χ2n) is 10.8. The molecule has 1 saturated carbocycles. The van der Waals surface area contributed by atoms with Crippen molar-refractivity contribution in [3.05, 3.63) is 70.8 Å². The van der Waals surface area contributed by atoms with Gasteiger partial charge in [-0.15, -0.1) is 5.10 Å². The number of rotatable bonds is 6. The average molecular weight is 510 g/mol. The lowest BCUT2D eigenvalue weighted by Crippen LogP contribution is -2.17. The highest BCUT2D eigenvalue weighted by Crippen LogP contribution is 2.40. The molecule has 1 fully saturated rings. The second-order valence-corrected chi connectivity index (χ2v) is 10.8. The highest BCUT2D eigenvalue weighted by atomic mass is 16.5. The molecule has 0 aliphatic heterocycles. The van der Waals surface area contributed by atoms with Crippen LogP contribution in [0.25, 0.3) is 17.1 Å². The van der Waals surface area contributed by atoms with Gasteiger partial charge in [0.2, 0.25) is 0 Å². The molecule has 0 bridgehead atoms. The van der Waals surface area contributed by atoms with Crippen molar-refractivity contribution < 1.29 is 9.53 Å². The fourth-order valence-corrected chi connectivity index (χ4v) is 4.53. The number of carbonyl (C=O) groups excluding carboxylic acids is 1. The van der Waals surface area contributed by atoms with Crippen molar-refractivity contribution in [3.63, 3.8) is 0 Å². The number of hydrogen-bond donors (Lipinski definition) is 1. The number of imidazole rings is 1. The van der Waals surface area contributed by atoms with E-state index in [9.17, 15) is 10.1 Å². The molecule has 2 aromatic carbocycles. The van der Waals surface area contributed by atoms with Gasteiger partial charge in [-0.3, -0.25) is 4.79 Å². The summed E-state index contributed by atoms with van der Waals surface area (Å²) in [7, 11) is 3.50. The van der Waals surface area contributed by atoms with Crippen molar-refractivity contribution in [2.45, 2.75) is 51.9 Å². The van der Waals surface area contributed by atoms with Crippen molar-refractivity contribution >= 4 is 11.6 Å². The maximum Gasteiger partial charge on any atom is 0.255 e. The van der Waals surface area contributed by atoms with Crippen LogP contribution in [0.1, 0.15) is 72.4 Å². The first kappa shape index (κ1) is 25.2.